The maximum absolute atomic E-state index is 4.23. The van der Waals surface area contributed by atoms with Crippen LogP contribution in [0.1, 0.15) is 52.4 Å². The van der Waals surface area contributed by atoms with E-state index < -0.39 is 0 Å². The van der Waals surface area contributed by atoms with Gasteiger partial charge in [-0.2, -0.15) is 0 Å². The molecular formula is C14H28IN3. The number of halogens is 1. The number of nitrogens with zero attached hydrogens (tertiary/aromatic N) is 1. The normalized spacial score (nSPS) is 17.5. The highest BCUT2D eigenvalue weighted by atomic mass is 127. The minimum Gasteiger partial charge on any atom is -0.356 e. The van der Waals surface area contributed by atoms with Gasteiger partial charge in [0.1, 0.15) is 0 Å². The molecule has 1 unspecified atom stereocenters. The largest absolute Gasteiger partial charge is 0.356 e. The first-order valence-corrected chi connectivity index (χ1v) is 6.91. The van der Waals surface area contributed by atoms with Crippen molar-refractivity contribution in [2.45, 2.75) is 58.4 Å². The minimum atomic E-state index is 0. The summed E-state index contributed by atoms with van der Waals surface area (Å²) in [5.41, 5.74) is 1.61. The molecule has 0 aromatic rings. The zero-order valence-electron chi connectivity index (χ0n) is 12.0. The standard InChI is InChI=1S/C14H27N3.HI/c1-4-12(2)17-14(15-3)16-11-10-13-8-6-5-7-9-13;/h8,12H,4-7,9-11H2,1-3H3,(H2,15,16,17);1H. The van der Waals surface area contributed by atoms with Crippen molar-refractivity contribution in [3.8, 4) is 0 Å². The van der Waals surface area contributed by atoms with Gasteiger partial charge in [0.15, 0.2) is 5.96 Å². The maximum Gasteiger partial charge on any atom is 0.191 e. The molecule has 0 spiro atoms. The van der Waals surface area contributed by atoms with Crippen molar-refractivity contribution in [3.63, 3.8) is 0 Å². The van der Waals surface area contributed by atoms with Gasteiger partial charge in [-0.25, -0.2) is 0 Å². The van der Waals surface area contributed by atoms with Gasteiger partial charge in [0, 0.05) is 19.6 Å². The SMILES string of the molecule is CCC(C)NC(=NC)NCCC1=CCCCC1.I. The van der Waals surface area contributed by atoms with Crippen molar-refractivity contribution in [2.24, 2.45) is 4.99 Å². The molecule has 1 aliphatic carbocycles. The van der Waals surface area contributed by atoms with E-state index in [2.05, 4.69) is 35.5 Å². The third kappa shape index (κ3) is 7.24. The van der Waals surface area contributed by atoms with Crippen LogP contribution in [-0.2, 0) is 0 Å². The van der Waals surface area contributed by atoms with Crippen LogP contribution in [0.5, 0.6) is 0 Å². The summed E-state index contributed by atoms with van der Waals surface area (Å²) in [5, 5.41) is 6.75. The minimum absolute atomic E-state index is 0. The van der Waals surface area contributed by atoms with E-state index in [9.17, 15) is 0 Å². The topological polar surface area (TPSA) is 36.4 Å². The Bertz CT molecular complexity index is 274. The fourth-order valence-electron chi connectivity index (χ4n) is 2.00. The highest BCUT2D eigenvalue weighted by Crippen LogP contribution is 2.19. The predicted molar refractivity (Wildman–Crippen MR) is 90.8 cm³/mol. The van der Waals surface area contributed by atoms with Crippen molar-refractivity contribution in [3.05, 3.63) is 11.6 Å². The molecular weight excluding hydrogens is 337 g/mol. The molecule has 0 heterocycles. The van der Waals surface area contributed by atoms with E-state index in [-0.39, 0.29) is 24.0 Å². The molecule has 0 aliphatic heterocycles. The fraction of sp³-hybridized carbons (Fsp3) is 0.786. The summed E-state index contributed by atoms with van der Waals surface area (Å²) in [6, 6.07) is 0.482. The van der Waals surface area contributed by atoms with Crippen LogP contribution in [-0.4, -0.2) is 25.6 Å². The molecule has 0 amide bonds. The number of nitrogens with one attached hydrogen (secondary N) is 2. The fourth-order valence-corrected chi connectivity index (χ4v) is 2.00. The van der Waals surface area contributed by atoms with Crippen molar-refractivity contribution < 1.29 is 0 Å². The number of guanidine groups is 1. The molecule has 18 heavy (non-hydrogen) atoms. The summed E-state index contributed by atoms with van der Waals surface area (Å²) in [6.07, 6.45) is 9.98. The van der Waals surface area contributed by atoms with Gasteiger partial charge in [-0.1, -0.05) is 18.6 Å². The van der Waals surface area contributed by atoms with E-state index >= 15 is 0 Å². The van der Waals surface area contributed by atoms with Crippen molar-refractivity contribution in [1.82, 2.24) is 10.6 Å². The van der Waals surface area contributed by atoms with E-state index in [4.69, 9.17) is 0 Å². The predicted octanol–water partition coefficient (Wildman–Crippen LogP) is 3.46. The Hall–Kier alpha value is -0.260. The van der Waals surface area contributed by atoms with Gasteiger partial charge in [0.05, 0.1) is 0 Å². The van der Waals surface area contributed by atoms with E-state index in [0.29, 0.717) is 6.04 Å². The first-order valence-electron chi connectivity index (χ1n) is 6.91. The number of hydrogen-bond donors (Lipinski definition) is 2. The van der Waals surface area contributed by atoms with E-state index in [1.807, 2.05) is 7.05 Å². The van der Waals surface area contributed by atoms with Gasteiger partial charge in [0.2, 0.25) is 0 Å². The smallest absolute Gasteiger partial charge is 0.191 e. The monoisotopic (exact) mass is 365 g/mol. The molecule has 0 saturated carbocycles. The van der Waals surface area contributed by atoms with Crippen molar-refractivity contribution >= 4 is 29.9 Å². The molecule has 0 aromatic carbocycles. The number of aliphatic imine (C=N–C) groups is 1. The summed E-state index contributed by atoms with van der Waals surface area (Å²) in [5.74, 6) is 0.927. The zero-order chi connectivity index (χ0) is 12.5. The lowest BCUT2D eigenvalue weighted by atomic mass is 9.97. The molecule has 0 saturated heterocycles. The molecule has 0 radical (unpaired) electrons. The number of hydrogen-bond acceptors (Lipinski definition) is 1. The molecule has 4 heteroatoms. The summed E-state index contributed by atoms with van der Waals surface area (Å²) in [6.45, 7) is 5.34. The van der Waals surface area contributed by atoms with Crippen LogP contribution in [0.15, 0.2) is 16.6 Å². The average Bonchev–Trinajstić information content (AvgIpc) is 2.38. The van der Waals surface area contributed by atoms with Crippen molar-refractivity contribution in [1.29, 1.82) is 0 Å². The van der Waals surface area contributed by atoms with E-state index in [1.165, 1.54) is 25.7 Å². The lowest BCUT2D eigenvalue weighted by molar-refractivity contribution is 0.619. The van der Waals surface area contributed by atoms with Crippen LogP contribution in [0.4, 0.5) is 0 Å². The highest BCUT2D eigenvalue weighted by Gasteiger charge is 2.05. The molecule has 3 nitrogen and oxygen atoms in total. The third-order valence-electron chi connectivity index (χ3n) is 3.34. The zero-order valence-corrected chi connectivity index (χ0v) is 14.3. The van der Waals surface area contributed by atoms with Crippen molar-refractivity contribution in [2.75, 3.05) is 13.6 Å². The summed E-state index contributed by atoms with van der Waals surface area (Å²) in [7, 11) is 1.83. The van der Waals surface area contributed by atoms with Crippen LogP contribution in [0.2, 0.25) is 0 Å². The second-order valence-corrected chi connectivity index (χ2v) is 4.81. The molecule has 0 bridgehead atoms. The Morgan fingerprint density at radius 3 is 2.78 bits per heavy atom. The van der Waals surface area contributed by atoms with Gasteiger partial charge in [-0.3, -0.25) is 4.99 Å². The van der Waals surface area contributed by atoms with Crippen LogP contribution >= 0.6 is 24.0 Å². The van der Waals surface area contributed by atoms with Gasteiger partial charge < -0.3 is 10.6 Å². The van der Waals surface area contributed by atoms with Crippen LogP contribution in [0.25, 0.3) is 0 Å². The lowest BCUT2D eigenvalue weighted by Crippen LogP contribution is -2.42. The molecule has 106 valence electrons. The average molecular weight is 365 g/mol. The Labute approximate surface area is 129 Å². The number of allylic oxidation sites excluding steroid dienone is 1. The molecule has 1 rings (SSSR count). The molecule has 2 N–H and O–H groups in total. The summed E-state index contributed by atoms with van der Waals surface area (Å²) >= 11 is 0. The van der Waals surface area contributed by atoms with E-state index in [0.717, 1.165) is 25.3 Å². The molecule has 0 fully saturated rings. The lowest BCUT2D eigenvalue weighted by Gasteiger charge is -2.17. The summed E-state index contributed by atoms with van der Waals surface area (Å²) in [4.78, 5) is 4.23. The molecule has 1 aliphatic rings. The quantitative estimate of drug-likeness (QED) is 0.339. The summed E-state index contributed by atoms with van der Waals surface area (Å²) < 4.78 is 0. The highest BCUT2D eigenvalue weighted by molar-refractivity contribution is 14.0. The van der Waals surface area contributed by atoms with Crippen LogP contribution in [0.3, 0.4) is 0 Å². The number of rotatable bonds is 5. The van der Waals surface area contributed by atoms with E-state index in [1.54, 1.807) is 5.57 Å². The third-order valence-corrected chi connectivity index (χ3v) is 3.34. The van der Waals surface area contributed by atoms with Gasteiger partial charge >= 0.3 is 0 Å². The van der Waals surface area contributed by atoms with Gasteiger partial charge in [0.25, 0.3) is 0 Å². The Kier molecular flexibility index (Phi) is 10.5. The Morgan fingerprint density at radius 2 is 2.22 bits per heavy atom. The first kappa shape index (κ1) is 17.7. The Morgan fingerprint density at radius 1 is 1.44 bits per heavy atom. The van der Waals surface area contributed by atoms with Gasteiger partial charge in [-0.15, -0.1) is 24.0 Å². The van der Waals surface area contributed by atoms with Gasteiger partial charge in [-0.05, 0) is 45.4 Å². The van der Waals surface area contributed by atoms with Crippen LogP contribution in [0, 0.1) is 0 Å². The second-order valence-electron chi connectivity index (χ2n) is 4.81. The Balaban J connectivity index is 0.00000289. The molecule has 1 atom stereocenters. The maximum atomic E-state index is 4.23. The first-order chi connectivity index (χ1) is 8.26. The molecule has 0 aromatic heterocycles. The second kappa shape index (κ2) is 10.6. The van der Waals surface area contributed by atoms with Crippen LogP contribution < -0.4 is 10.6 Å².